The molecule has 4 nitrogen and oxygen atoms in total. The molecule has 356 valence electrons. The average Bonchev–Trinajstić information content (AvgIpc) is 3.24. The summed E-state index contributed by atoms with van der Waals surface area (Å²) in [5.41, 5.74) is 0. The van der Waals surface area contributed by atoms with Crippen LogP contribution in [0.3, 0.4) is 0 Å². The van der Waals surface area contributed by atoms with Crippen molar-refractivity contribution >= 4 is 11.8 Å². The molecular weight excluding hydrogens is 745 g/mol. The van der Waals surface area contributed by atoms with E-state index >= 15 is 0 Å². The lowest BCUT2D eigenvalue weighted by atomic mass is 10.1. The molecule has 0 rings (SSSR count). The minimum absolute atomic E-state index is 0.0596. The van der Waals surface area contributed by atoms with Gasteiger partial charge in [0.15, 0.2) is 12.6 Å². The van der Waals surface area contributed by atoms with Crippen molar-refractivity contribution in [3.8, 4) is 0 Å². The van der Waals surface area contributed by atoms with Crippen molar-refractivity contribution in [2.45, 2.75) is 310 Å². The van der Waals surface area contributed by atoms with E-state index in [9.17, 15) is 0 Å². The Balaban J connectivity index is 4.57. The zero-order valence-corrected chi connectivity index (χ0v) is 42.0. The maximum atomic E-state index is 6.39. The fourth-order valence-corrected chi connectivity index (χ4v) is 9.03. The molecule has 0 aromatic heterocycles. The van der Waals surface area contributed by atoms with Crippen LogP contribution in [0.2, 0.25) is 0 Å². The van der Waals surface area contributed by atoms with Crippen LogP contribution in [0.1, 0.15) is 297 Å². The molecule has 5 heteroatoms. The first-order valence-electron chi connectivity index (χ1n) is 27.3. The highest BCUT2D eigenvalue weighted by Gasteiger charge is 2.13. The Labute approximate surface area is 377 Å². The third-order valence-electron chi connectivity index (χ3n) is 12.2. The Hall–Kier alpha value is 0.190. The van der Waals surface area contributed by atoms with Gasteiger partial charge in [-0.1, -0.05) is 259 Å². The molecule has 0 N–H and O–H groups in total. The summed E-state index contributed by atoms with van der Waals surface area (Å²) in [5, 5.41) is 0. The molecule has 0 heterocycles. The van der Waals surface area contributed by atoms with E-state index in [1.165, 1.54) is 231 Å². The highest BCUT2D eigenvalue weighted by molar-refractivity contribution is 7.99. The molecule has 0 atom stereocenters. The molecule has 0 aliphatic rings. The number of unbranched alkanes of at least 4 members (excludes halogenated alkanes) is 36. The van der Waals surface area contributed by atoms with Crippen molar-refractivity contribution < 1.29 is 18.9 Å². The Kier molecular flexibility index (Phi) is 54.5. The molecular formula is C54H110O4S. The van der Waals surface area contributed by atoms with Crippen LogP contribution in [-0.4, -0.2) is 50.5 Å². The molecule has 0 amide bonds. The van der Waals surface area contributed by atoms with Gasteiger partial charge in [-0.05, 0) is 37.2 Å². The van der Waals surface area contributed by atoms with Crippen molar-refractivity contribution in [1.29, 1.82) is 0 Å². The summed E-state index contributed by atoms with van der Waals surface area (Å²) in [5.74, 6) is 2.15. The van der Waals surface area contributed by atoms with E-state index in [0.29, 0.717) is 0 Å². The normalized spacial score (nSPS) is 11.9. The first kappa shape index (κ1) is 59.2. The van der Waals surface area contributed by atoms with Crippen molar-refractivity contribution in [1.82, 2.24) is 0 Å². The fraction of sp³-hybridized carbons (Fsp3) is 1.00. The van der Waals surface area contributed by atoms with E-state index in [2.05, 4.69) is 27.7 Å². The largest absolute Gasteiger partial charge is 0.353 e. The minimum atomic E-state index is -0.0596. The Bertz CT molecular complexity index is 612. The van der Waals surface area contributed by atoms with Gasteiger partial charge in [0.1, 0.15) is 0 Å². The van der Waals surface area contributed by atoms with Crippen LogP contribution >= 0.6 is 11.8 Å². The number of rotatable bonds is 54. The molecule has 0 unspecified atom stereocenters. The second kappa shape index (κ2) is 54.3. The van der Waals surface area contributed by atoms with Gasteiger partial charge in [-0.15, -0.1) is 0 Å². The predicted octanol–water partition coefficient (Wildman–Crippen LogP) is 18.9. The van der Waals surface area contributed by atoms with E-state index in [-0.39, 0.29) is 12.6 Å². The topological polar surface area (TPSA) is 36.9 Å². The lowest BCUT2D eigenvalue weighted by Gasteiger charge is -2.20. The van der Waals surface area contributed by atoms with Gasteiger partial charge in [-0.2, -0.15) is 11.8 Å². The van der Waals surface area contributed by atoms with Gasteiger partial charge < -0.3 is 18.9 Å². The van der Waals surface area contributed by atoms with E-state index in [1.54, 1.807) is 0 Å². The molecule has 0 saturated heterocycles. The molecule has 0 aromatic rings. The summed E-state index contributed by atoms with van der Waals surface area (Å²) >= 11 is 2.03. The van der Waals surface area contributed by atoms with E-state index in [0.717, 1.165) is 76.5 Å². The van der Waals surface area contributed by atoms with Crippen molar-refractivity contribution in [2.75, 3.05) is 37.9 Å². The van der Waals surface area contributed by atoms with Crippen LogP contribution in [0.25, 0.3) is 0 Å². The van der Waals surface area contributed by atoms with E-state index in [4.69, 9.17) is 18.9 Å². The summed E-state index contributed by atoms with van der Waals surface area (Å²) in [7, 11) is 0. The SMILES string of the molecule is CCCCCCCCCCCCOC(CCSCCC(OCCCCCCCCCCCC)OCCCCCCCCCCCC)OCCCCCCCCCCCC. The summed E-state index contributed by atoms with van der Waals surface area (Å²) in [6.07, 6.45) is 56.2. The third-order valence-corrected chi connectivity index (χ3v) is 13.3. The van der Waals surface area contributed by atoms with Crippen molar-refractivity contribution in [3.63, 3.8) is 0 Å². The monoisotopic (exact) mass is 855 g/mol. The molecule has 0 aromatic carbocycles. The summed E-state index contributed by atoms with van der Waals surface area (Å²) in [6, 6.07) is 0. The van der Waals surface area contributed by atoms with Gasteiger partial charge in [0.2, 0.25) is 0 Å². The summed E-state index contributed by atoms with van der Waals surface area (Å²) in [6.45, 7) is 12.6. The number of ether oxygens (including phenoxy) is 4. The lowest BCUT2D eigenvalue weighted by molar-refractivity contribution is -0.144. The standard InChI is InChI=1S/C54H110O4S/c1-5-9-13-17-21-25-29-33-37-41-47-55-53(56-48-42-38-34-30-26-22-18-14-10-6-2)45-51-59-52-46-54(57-49-43-39-35-31-27-23-19-15-11-7-3)58-50-44-40-36-32-28-24-20-16-12-8-4/h53-54H,5-52H2,1-4H3. The van der Waals surface area contributed by atoms with Gasteiger partial charge in [-0.3, -0.25) is 0 Å². The number of hydrogen-bond donors (Lipinski definition) is 0. The van der Waals surface area contributed by atoms with E-state index in [1.807, 2.05) is 11.8 Å². The zero-order valence-electron chi connectivity index (χ0n) is 41.1. The Morgan fingerprint density at radius 1 is 0.237 bits per heavy atom. The summed E-state index contributed by atoms with van der Waals surface area (Å²) in [4.78, 5) is 0. The van der Waals surface area contributed by atoms with Crippen molar-refractivity contribution in [3.05, 3.63) is 0 Å². The van der Waals surface area contributed by atoms with Gasteiger partial charge in [0, 0.05) is 39.3 Å². The van der Waals surface area contributed by atoms with Crippen molar-refractivity contribution in [2.24, 2.45) is 0 Å². The third kappa shape index (κ3) is 50.7. The Morgan fingerprint density at radius 3 is 0.593 bits per heavy atom. The predicted molar refractivity (Wildman–Crippen MR) is 265 cm³/mol. The van der Waals surface area contributed by atoms with Gasteiger partial charge >= 0.3 is 0 Å². The first-order chi connectivity index (χ1) is 29.3. The molecule has 0 saturated carbocycles. The smallest absolute Gasteiger partial charge is 0.158 e. The molecule has 0 radical (unpaired) electrons. The number of hydrogen-bond acceptors (Lipinski definition) is 5. The van der Waals surface area contributed by atoms with E-state index < -0.39 is 0 Å². The van der Waals surface area contributed by atoms with Crippen LogP contribution in [0.5, 0.6) is 0 Å². The van der Waals surface area contributed by atoms with Crippen LogP contribution in [0.15, 0.2) is 0 Å². The highest BCUT2D eigenvalue weighted by Crippen LogP contribution is 2.18. The lowest BCUT2D eigenvalue weighted by Crippen LogP contribution is -2.21. The molecule has 0 aliphatic heterocycles. The molecule has 0 bridgehead atoms. The Morgan fingerprint density at radius 2 is 0.407 bits per heavy atom. The van der Waals surface area contributed by atoms with Gasteiger partial charge in [0.25, 0.3) is 0 Å². The zero-order chi connectivity index (χ0) is 42.6. The fourth-order valence-electron chi connectivity index (χ4n) is 8.11. The summed E-state index contributed by atoms with van der Waals surface area (Å²) < 4.78 is 25.6. The second-order valence-electron chi connectivity index (χ2n) is 18.3. The average molecular weight is 856 g/mol. The van der Waals surface area contributed by atoms with Gasteiger partial charge in [0.05, 0.1) is 0 Å². The second-order valence-corrected chi connectivity index (χ2v) is 19.5. The minimum Gasteiger partial charge on any atom is -0.353 e. The molecule has 0 fully saturated rings. The van der Waals surface area contributed by atoms with Crippen LogP contribution < -0.4 is 0 Å². The maximum absolute atomic E-state index is 6.39. The van der Waals surface area contributed by atoms with Crippen LogP contribution in [0.4, 0.5) is 0 Å². The van der Waals surface area contributed by atoms with Gasteiger partial charge in [-0.25, -0.2) is 0 Å². The quantitative estimate of drug-likeness (QED) is 0.0450. The van der Waals surface area contributed by atoms with Crippen LogP contribution in [0, 0.1) is 0 Å². The molecule has 0 spiro atoms. The number of thioether (sulfide) groups is 1. The molecule has 59 heavy (non-hydrogen) atoms. The first-order valence-corrected chi connectivity index (χ1v) is 28.5. The molecule has 0 aliphatic carbocycles. The highest BCUT2D eigenvalue weighted by atomic mass is 32.2. The maximum Gasteiger partial charge on any atom is 0.158 e. The van der Waals surface area contributed by atoms with Crippen LogP contribution in [-0.2, 0) is 18.9 Å².